The van der Waals surface area contributed by atoms with Crippen molar-refractivity contribution < 1.29 is 9.50 Å². The van der Waals surface area contributed by atoms with E-state index < -0.39 is 6.10 Å². The average Bonchev–Trinajstić information content (AvgIpc) is 2.22. The van der Waals surface area contributed by atoms with Crippen LogP contribution in [0.25, 0.3) is 0 Å². The van der Waals surface area contributed by atoms with Gasteiger partial charge in [0.15, 0.2) is 0 Å². The molecule has 0 spiro atoms. The van der Waals surface area contributed by atoms with Gasteiger partial charge in [-0.1, -0.05) is 31.5 Å². The molecule has 96 valence electrons. The number of halogens is 2. The molecule has 0 heterocycles. The first kappa shape index (κ1) is 14.4. The van der Waals surface area contributed by atoms with Crippen molar-refractivity contribution in [3.05, 3.63) is 34.6 Å². The summed E-state index contributed by atoms with van der Waals surface area (Å²) in [6.07, 6.45) is -0.151. The highest BCUT2D eigenvalue weighted by Crippen LogP contribution is 2.23. The molecule has 0 aliphatic rings. The van der Waals surface area contributed by atoms with Crippen LogP contribution in [0.3, 0.4) is 0 Å². The molecule has 0 radical (unpaired) electrons. The smallest absolute Gasteiger partial charge is 0.124 e. The highest BCUT2D eigenvalue weighted by molar-refractivity contribution is 6.31. The van der Waals surface area contributed by atoms with Crippen LogP contribution in [0, 0.1) is 17.7 Å². The molecule has 0 fully saturated rings. The van der Waals surface area contributed by atoms with Gasteiger partial charge in [0.25, 0.3) is 0 Å². The van der Waals surface area contributed by atoms with Crippen molar-refractivity contribution in [2.45, 2.75) is 26.4 Å². The van der Waals surface area contributed by atoms with Crippen LogP contribution in [-0.4, -0.2) is 17.8 Å². The van der Waals surface area contributed by atoms with E-state index in [2.05, 4.69) is 0 Å². The Morgan fingerprint density at radius 2 is 2.06 bits per heavy atom. The van der Waals surface area contributed by atoms with E-state index in [9.17, 15) is 9.50 Å². The maximum Gasteiger partial charge on any atom is 0.124 e. The first-order valence-corrected chi connectivity index (χ1v) is 6.15. The van der Waals surface area contributed by atoms with E-state index in [0.29, 0.717) is 23.9 Å². The number of aliphatic hydroxyl groups is 1. The Bertz CT molecular complexity index is 370. The normalized spacial score (nSPS) is 15.0. The van der Waals surface area contributed by atoms with Gasteiger partial charge >= 0.3 is 0 Å². The van der Waals surface area contributed by atoms with Crippen molar-refractivity contribution in [1.29, 1.82) is 0 Å². The van der Waals surface area contributed by atoms with Gasteiger partial charge < -0.3 is 10.8 Å². The second-order valence-electron chi connectivity index (χ2n) is 4.65. The minimum absolute atomic E-state index is 0.0242. The topological polar surface area (TPSA) is 46.2 Å². The predicted octanol–water partition coefficient (Wildman–Crippen LogP) is 2.61. The van der Waals surface area contributed by atoms with Crippen molar-refractivity contribution >= 4 is 11.6 Å². The fraction of sp³-hybridized carbons (Fsp3) is 0.538. The molecule has 0 aromatic heterocycles. The fourth-order valence-electron chi connectivity index (χ4n) is 1.94. The van der Waals surface area contributed by atoms with Gasteiger partial charge in [-0.05, 0) is 36.1 Å². The Balaban J connectivity index is 2.76. The molecule has 1 rings (SSSR count). The standard InChI is InChI=1S/C13H19ClFNO/c1-8(2)11(7-16)13(17)5-9-3-4-10(15)6-12(9)14/h3-4,6,8,11,13,17H,5,7,16H2,1-2H3. The molecular weight excluding hydrogens is 241 g/mol. The molecular formula is C13H19ClFNO. The molecule has 0 aliphatic carbocycles. The van der Waals surface area contributed by atoms with E-state index in [0.717, 1.165) is 5.56 Å². The summed E-state index contributed by atoms with van der Waals surface area (Å²) < 4.78 is 12.9. The zero-order valence-corrected chi connectivity index (χ0v) is 10.9. The van der Waals surface area contributed by atoms with Gasteiger partial charge in [-0.2, -0.15) is 0 Å². The summed E-state index contributed by atoms with van der Waals surface area (Å²) in [7, 11) is 0. The zero-order valence-electron chi connectivity index (χ0n) is 10.2. The van der Waals surface area contributed by atoms with E-state index in [1.807, 2.05) is 13.8 Å². The lowest BCUT2D eigenvalue weighted by molar-refractivity contribution is 0.0863. The van der Waals surface area contributed by atoms with E-state index in [1.54, 1.807) is 6.07 Å². The molecule has 17 heavy (non-hydrogen) atoms. The Labute approximate surface area is 107 Å². The number of aliphatic hydroxyl groups excluding tert-OH is 1. The van der Waals surface area contributed by atoms with Gasteiger partial charge in [0.2, 0.25) is 0 Å². The lowest BCUT2D eigenvalue weighted by Crippen LogP contribution is -2.33. The van der Waals surface area contributed by atoms with E-state index in [-0.39, 0.29) is 11.7 Å². The monoisotopic (exact) mass is 259 g/mol. The summed E-state index contributed by atoms with van der Waals surface area (Å²) in [5.41, 5.74) is 6.39. The molecule has 0 amide bonds. The molecule has 2 atom stereocenters. The third-order valence-corrected chi connectivity index (χ3v) is 3.42. The number of rotatable bonds is 5. The van der Waals surface area contributed by atoms with Crippen LogP contribution in [0.1, 0.15) is 19.4 Å². The van der Waals surface area contributed by atoms with Crippen LogP contribution in [0.5, 0.6) is 0 Å². The number of nitrogens with two attached hydrogens (primary N) is 1. The van der Waals surface area contributed by atoms with Gasteiger partial charge in [-0.25, -0.2) is 4.39 Å². The Morgan fingerprint density at radius 3 is 2.53 bits per heavy atom. The van der Waals surface area contributed by atoms with Crippen LogP contribution in [0.15, 0.2) is 18.2 Å². The maximum atomic E-state index is 12.9. The van der Waals surface area contributed by atoms with Crippen LogP contribution in [-0.2, 0) is 6.42 Å². The summed E-state index contributed by atoms with van der Waals surface area (Å²) in [5.74, 6) is -0.0437. The summed E-state index contributed by atoms with van der Waals surface area (Å²) in [5, 5.41) is 10.4. The second-order valence-corrected chi connectivity index (χ2v) is 5.06. The van der Waals surface area contributed by atoms with Gasteiger partial charge in [0, 0.05) is 11.4 Å². The van der Waals surface area contributed by atoms with Crippen LogP contribution >= 0.6 is 11.6 Å². The minimum Gasteiger partial charge on any atom is -0.392 e. The van der Waals surface area contributed by atoms with Crippen molar-refractivity contribution in [2.75, 3.05) is 6.54 Å². The molecule has 0 bridgehead atoms. The molecule has 0 aliphatic heterocycles. The van der Waals surface area contributed by atoms with Gasteiger partial charge in [-0.3, -0.25) is 0 Å². The average molecular weight is 260 g/mol. The van der Waals surface area contributed by atoms with Crippen molar-refractivity contribution in [2.24, 2.45) is 17.6 Å². The van der Waals surface area contributed by atoms with Gasteiger partial charge in [-0.15, -0.1) is 0 Å². The lowest BCUT2D eigenvalue weighted by atomic mass is 9.87. The number of hydrogen-bond donors (Lipinski definition) is 2. The molecule has 2 nitrogen and oxygen atoms in total. The SMILES string of the molecule is CC(C)C(CN)C(O)Cc1ccc(F)cc1Cl. The summed E-state index contributed by atoms with van der Waals surface area (Å²) in [6, 6.07) is 4.21. The van der Waals surface area contributed by atoms with E-state index in [1.165, 1.54) is 12.1 Å². The van der Waals surface area contributed by atoms with Crippen LogP contribution in [0.4, 0.5) is 4.39 Å². The molecule has 4 heteroatoms. The molecule has 2 unspecified atom stereocenters. The number of hydrogen-bond acceptors (Lipinski definition) is 2. The summed E-state index contributed by atoms with van der Waals surface area (Å²) in [6.45, 7) is 4.47. The minimum atomic E-state index is -0.553. The molecule has 1 aromatic carbocycles. The first-order valence-electron chi connectivity index (χ1n) is 5.77. The third kappa shape index (κ3) is 3.95. The Kier molecular flexibility index (Phi) is 5.37. The summed E-state index contributed by atoms with van der Waals surface area (Å²) >= 11 is 5.92. The van der Waals surface area contributed by atoms with E-state index >= 15 is 0 Å². The van der Waals surface area contributed by atoms with Gasteiger partial charge in [0.05, 0.1) is 6.10 Å². The predicted molar refractivity (Wildman–Crippen MR) is 68.5 cm³/mol. The fourth-order valence-corrected chi connectivity index (χ4v) is 2.18. The zero-order chi connectivity index (χ0) is 13.0. The molecule has 0 saturated carbocycles. The van der Waals surface area contributed by atoms with Crippen LogP contribution < -0.4 is 5.73 Å². The Hall–Kier alpha value is -0.640. The van der Waals surface area contributed by atoms with Gasteiger partial charge in [0.1, 0.15) is 5.82 Å². The Morgan fingerprint density at radius 1 is 1.41 bits per heavy atom. The van der Waals surface area contributed by atoms with Crippen molar-refractivity contribution in [3.63, 3.8) is 0 Å². The van der Waals surface area contributed by atoms with Crippen molar-refractivity contribution in [1.82, 2.24) is 0 Å². The van der Waals surface area contributed by atoms with Crippen LogP contribution in [0.2, 0.25) is 5.02 Å². The highest BCUT2D eigenvalue weighted by atomic mass is 35.5. The highest BCUT2D eigenvalue weighted by Gasteiger charge is 2.22. The summed E-state index contributed by atoms with van der Waals surface area (Å²) in [4.78, 5) is 0. The molecule has 1 aromatic rings. The van der Waals surface area contributed by atoms with E-state index in [4.69, 9.17) is 17.3 Å². The second kappa shape index (κ2) is 6.34. The third-order valence-electron chi connectivity index (χ3n) is 3.07. The molecule has 3 N–H and O–H groups in total. The maximum absolute atomic E-state index is 12.9. The quantitative estimate of drug-likeness (QED) is 0.854. The largest absolute Gasteiger partial charge is 0.392 e. The lowest BCUT2D eigenvalue weighted by Gasteiger charge is -2.25. The number of benzene rings is 1. The van der Waals surface area contributed by atoms with Crippen molar-refractivity contribution in [3.8, 4) is 0 Å². The first-order chi connectivity index (χ1) is 7.95. The molecule has 0 saturated heterocycles.